The molecule has 1 amide bonds. The van der Waals surface area contributed by atoms with Crippen LogP contribution in [0.1, 0.15) is 37.8 Å². The topological polar surface area (TPSA) is 110 Å². The average molecular weight is 479 g/mol. The van der Waals surface area contributed by atoms with Gasteiger partial charge in [-0.25, -0.2) is 4.98 Å². The smallest absolute Gasteiger partial charge is 0.207 e. The number of rotatable bonds is 6. The van der Waals surface area contributed by atoms with Crippen LogP contribution in [0.3, 0.4) is 0 Å². The van der Waals surface area contributed by atoms with Crippen LogP contribution >= 0.6 is 0 Å². The van der Waals surface area contributed by atoms with Crippen molar-refractivity contribution in [3.63, 3.8) is 0 Å². The molecule has 0 aliphatic carbocycles. The van der Waals surface area contributed by atoms with E-state index >= 15 is 0 Å². The molecule has 1 fully saturated rings. The van der Waals surface area contributed by atoms with E-state index < -0.39 is 0 Å². The van der Waals surface area contributed by atoms with Crippen molar-refractivity contribution in [3.05, 3.63) is 29.3 Å². The van der Waals surface area contributed by atoms with Gasteiger partial charge in [-0.1, -0.05) is 12.8 Å². The van der Waals surface area contributed by atoms with E-state index in [1.165, 1.54) is 10.9 Å². The van der Waals surface area contributed by atoms with Crippen LogP contribution < -0.4 is 10.6 Å². The molecule has 0 spiro atoms. The number of amides is 1. The Labute approximate surface area is 198 Å². The average Bonchev–Trinajstić information content (AvgIpc) is 3.06. The number of pyridine rings is 1. The first-order chi connectivity index (χ1) is 13.6. The van der Waals surface area contributed by atoms with E-state index in [-0.39, 0.29) is 39.3 Å². The minimum atomic E-state index is 0. The standard InChI is InChI=1S/C14H19N4.C4H7NO2.C2H6O.Y/c1-10-9-18(12-3-5-16-6-4-12)14-13(10)7-11(15-2)8-17-14;6-3-1-2-5-4-7;1-2-3;/h7-9,12,15H,3-6H2,1-2H3;3-4H,1-2H2,(H,5,7);3H,2H2,1H3;/q-1;;;. The number of aromatic nitrogens is 2. The van der Waals surface area contributed by atoms with E-state index in [1.54, 1.807) is 6.92 Å². The Morgan fingerprint density at radius 2 is 2.00 bits per heavy atom. The molecule has 3 rings (SSSR count). The molecule has 8 nitrogen and oxygen atoms in total. The number of aryl methyl sites for hydroxylation is 1. The quantitative estimate of drug-likeness (QED) is 0.436. The van der Waals surface area contributed by atoms with E-state index in [9.17, 15) is 9.59 Å². The van der Waals surface area contributed by atoms with Crippen LogP contribution in [0, 0.1) is 6.92 Å². The molecule has 9 heteroatoms. The Kier molecular flexibility index (Phi) is 15.7. The predicted molar refractivity (Wildman–Crippen MR) is 113 cm³/mol. The van der Waals surface area contributed by atoms with Gasteiger partial charge in [0, 0.05) is 77.0 Å². The maximum absolute atomic E-state index is 9.52. The van der Waals surface area contributed by atoms with Gasteiger partial charge in [-0.05, 0) is 25.5 Å². The molecule has 2 aromatic heterocycles. The summed E-state index contributed by atoms with van der Waals surface area (Å²) in [5.41, 5.74) is 3.48. The number of nitrogens with one attached hydrogen (secondary N) is 2. The predicted octanol–water partition coefficient (Wildman–Crippen LogP) is 2.41. The zero-order chi connectivity index (χ0) is 20.8. The molecule has 1 saturated heterocycles. The van der Waals surface area contributed by atoms with Crippen molar-refractivity contribution in [2.75, 3.05) is 38.6 Å². The molecule has 2 aromatic rings. The van der Waals surface area contributed by atoms with E-state index in [0.29, 0.717) is 25.4 Å². The maximum Gasteiger partial charge on any atom is 0.207 e. The second-order valence-electron chi connectivity index (χ2n) is 6.31. The van der Waals surface area contributed by atoms with Gasteiger partial charge in [0.2, 0.25) is 6.41 Å². The molecule has 3 heterocycles. The Morgan fingerprint density at radius 1 is 1.34 bits per heavy atom. The van der Waals surface area contributed by atoms with Gasteiger partial charge in [-0.15, -0.1) is 13.1 Å². The SMILES string of the molecule is CCO.CNc1cnc2c(c1)c(C)cn2C1CC[N-]CC1.O=CCCNC=O.[Y]. The maximum atomic E-state index is 9.52. The van der Waals surface area contributed by atoms with Crippen LogP contribution in [0.15, 0.2) is 18.5 Å². The van der Waals surface area contributed by atoms with Gasteiger partial charge in [0.05, 0.1) is 11.9 Å². The van der Waals surface area contributed by atoms with E-state index in [2.05, 4.69) is 44.7 Å². The number of hydrogen-bond acceptors (Lipinski definition) is 5. The molecule has 0 atom stereocenters. The first kappa shape index (κ1) is 27.7. The zero-order valence-electron chi connectivity index (χ0n) is 17.6. The van der Waals surface area contributed by atoms with Crippen LogP contribution in [-0.4, -0.2) is 60.6 Å². The number of nitrogens with zero attached hydrogens (tertiary/aromatic N) is 3. The van der Waals surface area contributed by atoms with Gasteiger partial charge in [-0.2, -0.15) is 0 Å². The largest absolute Gasteiger partial charge is 0.662 e. The molecular weight excluding hydrogens is 447 g/mol. The molecule has 1 aliphatic heterocycles. The number of piperidine rings is 1. The van der Waals surface area contributed by atoms with Gasteiger partial charge >= 0.3 is 0 Å². The summed E-state index contributed by atoms with van der Waals surface area (Å²) in [6, 6.07) is 2.74. The van der Waals surface area contributed by atoms with Gasteiger partial charge in [0.15, 0.2) is 0 Å². The fourth-order valence-electron chi connectivity index (χ4n) is 2.92. The number of hydrogen-bond donors (Lipinski definition) is 3. The van der Waals surface area contributed by atoms with Crippen molar-refractivity contribution >= 4 is 29.4 Å². The number of carbonyl (C=O) groups is 2. The summed E-state index contributed by atoms with van der Waals surface area (Å²) < 4.78 is 2.35. The third kappa shape index (κ3) is 9.34. The number of aldehydes is 1. The fourth-order valence-corrected chi connectivity index (χ4v) is 2.92. The molecule has 1 radical (unpaired) electrons. The fraction of sp³-hybridized carbons (Fsp3) is 0.550. The van der Waals surface area contributed by atoms with Crippen LogP contribution in [-0.2, 0) is 42.3 Å². The van der Waals surface area contributed by atoms with E-state index in [1.807, 2.05) is 13.2 Å². The minimum absolute atomic E-state index is 0. The van der Waals surface area contributed by atoms with E-state index in [4.69, 9.17) is 5.11 Å². The molecule has 29 heavy (non-hydrogen) atoms. The van der Waals surface area contributed by atoms with Crippen LogP contribution in [0.5, 0.6) is 0 Å². The van der Waals surface area contributed by atoms with Crippen molar-refractivity contribution in [1.29, 1.82) is 0 Å². The molecule has 0 aromatic carbocycles. The third-order valence-electron chi connectivity index (χ3n) is 4.28. The minimum Gasteiger partial charge on any atom is -0.662 e. The van der Waals surface area contributed by atoms with E-state index in [0.717, 1.165) is 43.6 Å². The number of anilines is 1. The van der Waals surface area contributed by atoms with Crippen molar-refractivity contribution in [3.8, 4) is 0 Å². The Bertz CT molecular complexity index is 709. The molecule has 0 saturated carbocycles. The first-order valence-corrected chi connectivity index (χ1v) is 9.62. The van der Waals surface area contributed by atoms with Crippen LogP contribution in [0.4, 0.5) is 5.69 Å². The summed E-state index contributed by atoms with van der Waals surface area (Å²) in [5.74, 6) is 0. The summed E-state index contributed by atoms with van der Waals surface area (Å²) >= 11 is 0. The summed E-state index contributed by atoms with van der Waals surface area (Å²) in [7, 11) is 1.93. The summed E-state index contributed by atoms with van der Waals surface area (Å²) in [6.45, 7) is 6.51. The molecule has 0 unspecified atom stereocenters. The number of carbonyl (C=O) groups excluding carboxylic acids is 2. The summed E-state index contributed by atoms with van der Waals surface area (Å²) in [4.78, 5) is 23.6. The van der Waals surface area contributed by atoms with Gasteiger partial charge in [0.25, 0.3) is 0 Å². The molecule has 1 aliphatic rings. The van der Waals surface area contributed by atoms with Gasteiger partial charge in [0.1, 0.15) is 11.9 Å². The van der Waals surface area contributed by atoms with Gasteiger partial charge < -0.3 is 30.4 Å². The van der Waals surface area contributed by atoms with Crippen molar-refractivity contribution < 1.29 is 47.4 Å². The Balaban J connectivity index is 0.000000607. The summed E-state index contributed by atoms with van der Waals surface area (Å²) in [5, 5.41) is 18.7. The van der Waals surface area contributed by atoms with Crippen molar-refractivity contribution in [1.82, 2.24) is 14.9 Å². The molecule has 3 N–H and O–H groups in total. The summed E-state index contributed by atoms with van der Waals surface area (Å²) in [6.07, 6.45) is 8.16. The molecular formula is C20H32N5O3Y-. The van der Waals surface area contributed by atoms with Gasteiger partial charge in [-0.3, -0.25) is 4.79 Å². The van der Waals surface area contributed by atoms with Crippen LogP contribution in [0.2, 0.25) is 0 Å². The Hall–Kier alpha value is -1.35. The third-order valence-corrected chi connectivity index (χ3v) is 4.28. The monoisotopic (exact) mass is 479 g/mol. The number of aliphatic hydroxyl groups excluding tert-OH is 1. The van der Waals surface area contributed by atoms with Crippen molar-refractivity contribution in [2.45, 2.75) is 39.2 Å². The second-order valence-corrected chi connectivity index (χ2v) is 6.31. The Morgan fingerprint density at radius 3 is 2.55 bits per heavy atom. The second kappa shape index (κ2) is 16.5. The van der Waals surface area contributed by atoms with Crippen LogP contribution in [0.25, 0.3) is 16.4 Å². The molecule has 0 bridgehead atoms. The molecule has 159 valence electrons. The zero-order valence-corrected chi connectivity index (χ0v) is 20.4. The normalized spacial score (nSPS) is 13.1. The first-order valence-electron chi connectivity index (χ1n) is 9.62. The van der Waals surface area contributed by atoms with Crippen molar-refractivity contribution in [2.24, 2.45) is 0 Å². The number of fused-ring (bicyclic) bond motifs is 1. The number of aliphatic hydroxyl groups is 1.